The number of nitrogens with zero attached hydrogens (tertiary/aromatic N) is 5. The van der Waals surface area contributed by atoms with Gasteiger partial charge in [0.15, 0.2) is 0 Å². The molecule has 1 saturated heterocycles. The molecule has 1 saturated carbocycles. The number of pyridine rings is 2. The Morgan fingerprint density at radius 2 is 1.86 bits per heavy atom. The molecule has 0 atom stereocenters. The van der Waals surface area contributed by atoms with Gasteiger partial charge >= 0.3 is 5.97 Å². The minimum absolute atomic E-state index is 0.0764. The number of anilines is 1. The summed E-state index contributed by atoms with van der Waals surface area (Å²) in [5, 5.41) is 10.5. The van der Waals surface area contributed by atoms with E-state index in [4.69, 9.17) is 16.6 Å². The van der Waals surface area contributed by atoms with Gasteiger partial charge in [-0.3, -0.25) is 4.79 Å². The van der Waals surface area contributed by atoms with Crippen LogP contribution in [-0.2, 0) is 6.54 Å². The zero-order chi connectivity index (χ0) is 29.9. The van der Waals surface area contributed by atoms with E-state index < -0.39 is 17.3 Å². The second-order valence-corrected chi connectivity index (χ2v) is 12.5. The Kier molecular flexibility index (Phi) is 6.96. The van der Waals surface area contributed by atoms with Crippen LogP contribution in [0, 0.1) is 25.6 Å². The molecule has 1 N–H and O–H groups in total. The number of carbonyl (C=O) groups is 2. The van der Waals surface area contributed by atoms with E-state index >= 15 is 0 Å². The van der Waals surface area contributed by atoms with Gasteiger partial charge in [-0.05, 0) is 87.9 Å². The van der Waals surface area contributed by atoms with Crippen molar-refractivity contribution in [2.45, 2.75) is 52.6 Å². The summed E-state index contributed by atoms with van der Waals surface area (Å²) in [6, 6.07) is 10.3. The quantitative estimate of drug-likeness (QED) is 0.281. The normalized spacial score (nSPS) is 16.7. The van der Waals surface area contributed by atoms with Gasteiger partial charge in [-0.1, -0.05) is 17.7 Å². The van der Waals surface area contributed by atoms with E-state index in [-0.39, 0.29) is 16.5 Å². The molecular weight excluding hydrogens is 557 g/mol. The van der Waals surface area contributed by atoms with E-state index in [0.717, 1.165) is 30.3 Å². The largest absolute Gasteiger partial charge is 0.478 e. The third-order valence-corrected chi connectivity index (χ3v) is 8.70. The van der Waals surface area contributed by atoms with Crippen molar-refractivity contribution >= 4 is 40.3 Å². The molecule has 2 fully saturated rings. The van der Waals surface area contributed by atoms with Crippen molar-refractivity contribution in [1.82, 2.24) is 19.4 Å². The molecule has 218 valence electrons. The van der Waals surface area contributed by atoms with Crippen LogP contribution in [0.2, 0.25) is 5.02 Å². The molecule has 0 radical (unpaired) electrons. The molecule has 0 spiro atoms. The van der Waals surface area contributed by atoms with Crippen molar-refractivity contribution in [1.29, 1.82) is 0 Å². The number of carbonyl (C=O) groups excluding carboxylic acids is 1. The van der Waals surface area contributed by atoms with Crippen LogP contribution in [0.25, 0.3) is 22.2 Å². The van der Waals surface area contributed by atoms with Gasteiger partial charge in [0, 0.05) is 43.3 Å². The Morgan fingerprint density at radius 1 is 1.10 bits per heavy atom. The van der Waals surface area contributed by atoms with Crippen LogP contribution in [0.1, 0.15) is 58.8 Å². The van der Waals surface area contributed by atoms with Gasteiger partial charge in [-0.25, -0.2) is 19.2 Å². The lowest BCUT2D eigenvalue weighted by Crippen LogP contribution is -2.61. The van der Waals surface area contributed by atoms with Gasteiger partial charge in [0.2, 0.25) is 0 Å². The number of carboxylic acids is 1. The van der Waals surface area contributed by atoms with Crippen molar-refractivity contribution < 1.29 is 19.1 Å². The maximum Gasteiger partial charge on any atom is 0.337 e. The highest BCUT2D eigenvalue weighted by molar-refractivity contribution is 6.30. The van der Waals surface area contributed by atoms with Crippen molar-refractivity contribution in [3.05, 3.63) is 75.9 Å². The SMILES string of the molecule is Cc1cc(N2CCN(C(=O)c3ccc4c(-c5ccc(Cl)c(F)c5)cn(CC5CC5)c4n3)C(C)(C)C2)nc(C)c1C(=O)O. The minimum atomic E-state index is -0.986. The van der Waals surface area contributed by atoms with Crippen molar-refractivity contribution in [2.75, 3.05) is 24.5 Å². The molecule has 1 aliphatic carbocycles. The predicted octanol–water partition coefficient (Wildman–Crippen LogP) is 6.36. The lowest BCUT2D eigenvalue weighted by molar-refractivity contribution is 0.0507. The molecule has 0 bridgehead atoms. The van der Waals surface area contributed by atoms with Gasteiger partial charge < -0.3 is 19.5 Å². The lowest BCUT2D eigenvalue weighted by Gasteiger charge is -2.47. The Labute approximate surface area is 248 Å². The van der Waals surface area contributed by atoms with Gasteiger partial charge in [0.1, 0.15) is 23.0 Å². The van der Waals surface area contributed by atoms with E-state index in [1.54, 1.807) is 38.1 Å². The van der Waals surface area contributed by atoms with Crippen LogP contribution in [-0.4, -0.2) is 61.6 Å². The fourth-order valence-corrected chi connectivity index (χ4v) is 6.17. The van der Waals surface area contributed by atoms with Crippen LogP contribution < -0.4 is 4.90 Å². The number of aryl methyl sites for hydroxylation is 2. The van der Waals surface area contributed by atoms with Gasteiger partial charge in [0.25, 0.3) is 5.91 Å². The van der Waals surface area contributed by atoms with Crippen molar-refractivity contribution in [3.8, 4) is 11.1 Å². The molecule has 4 heterocycles. The molecule has 10 heteroatoms. The maximum absolute atomic E-state index is 14.3. The van der Waals surface area contributed by atoms with E-state index in [9.17, 15) is 19.1 Å². The highest BCUT2D eigenvalue weighted by atomic mass is 35.5. The van der Waals surface area contributed by atoms with E-state index in [1.165, 1.54) is 6.07 Å². The number of benzene rings is 1. The molecule has 6 rings (SSSR count). The van der Waals surface area contributed by atoms with Crippen LogP contribution >= 0.6 is 11.6 Å². The Morgan fingerprint density at radius 3 is 2.50 bits per heavy atom. The fraction of sp³-hybridized carbons (Fsp3) is 0.375. The number of halogens is 2. The highest BCUT2D eigenvalue weighted by Gasteiger charge is 2.38. The summed E-state index contributed by atoms with van der Waals surface area (Å²) in [5.41, 5.74) is 3.47. The smallest absolute Gasteiger partial charge is 0.337 e. The molecule has 1 amide bonds. The fourth-order valence-electron chi connectivity index (χ4n) is 6.06. The lowest BCUT2D eigenvalue weighted by atomic mass is 9.97. The number of hydrogen-bond donors (Lipinski definition) is 1. The second kappa shape index (κ2) is 10.4. The number of hydrogen-bond acceptors (Lipinski definition) is 5. The number of aromatic carboxylic acids is 1. The number of rotatable bonds is 6. The molecule has 8 nitrogen and oxygen atoms in total. The number of aromatic nitrogens is 3. The number of carboxylic acid groups (broad SMARTS) is 1. The second-order valence-electron chi connectivity index (χ2n) is 12.1. The van der Waals surface area contributed by atoms with E-state index in [1.807, 2.05) is 31.0 Å². The monoisotopic (exact) mass is 589 g/mol. The van der Waals surface area contributed by atoms with Gasteiger partial charge in [-0.2, -0.15) is 0 Å². The van der Waals surface area contributed by atoms with Crippen molar-refractivity contribution in [3.63, 3.8) is 0 Å². The zero-order valence-electron chi connectivity index (χ0n) is 24.1. The van der Waals surface area contributed by atoms with Crippen LogP contribution in [0.5, 0.6) is 0 Å². The Bertz CT molecular complexity index is 1720. The summed E-state index contributed by atoms with van der Waals surface area (Å²) < 4.78 is 16.4. The third-order valence-electron chi connectivity index (χ3n) is 8.39. The summed E-state index contributed by atoms with van der Waals surface area (Å²) in [6.07, 6.45) is 4.32. The summed E-state index contributed by atoms with van der Waals surface area (Å²) in [4.78, 5) is 39.0. The van der Waals surface area contributed by atoms with E-state index in [2.05, 4.69) is 14.5 Å². The van der Waals surface area contributed by atoms with Crippen LogP contribution in [0.15, 0.2) is 42.6 Å². The molecule has 2 aliphatic rings. The molecule has 1 aliphatic heterocycles. The summed E-state index contributed by atoms with van der Waals surface area (Å²) in [5.74, 6) is -0.328. The Balaban J connectivity index is 1.29. The predicted molar refractivity (Wildman–Crippen MR) is 161 cm³/mol. The number of fused-ring (bicyclic) bond motifs is 1. The minimum Gasteiger partial charge on any atom is -0.478 e. The van der Waals surface area contributed by atoms with Gasteiger partial charge in [-0.15, -0.1) is 0 Å². The summed E-state index contributed by atoms with van der Waals surface area (Å²) in [7, 11) is 0. The van der Waals surface area contributed by atoms with Crippen LogP contribution in [0.3, 0.4) is 0 Å². The maximum atomic E-state index is 14.3. The van der Waals surface area contributed by atoms with Gasteiger partial charge in [0.05, 0.1) is 21.8 Å². The number of piperazine rings is 1. The first-order valence-corrected chi connectivity index (χ1v) is 14.5. The molecule has 0 unspecified atom stereocenters. The summed E-state index contributed by atoms with van der Waals surface area (Å²) >= 11 is 5.93. The Hall–Kier alpha value is -3.98. The van der Waals surface area contributed by atoms with E-state index in [0.29, 0.717) is 59.5 Å². The molecule has 42 heavy (non-hydrogen) atoms. The standard InChI is InChI=1S/C32H33ClFN5O3/c1-18-13-27(35-19(2)28(18)31(41)42)37-11-12-39(32(3,4)17-37)30(40)26-10-8-22-23(21-7-9-24(33)25(34)14-21)16-38(29(22)36-26)15-20-5-6-20/h7-10,13-14,16,20H,5-6,11-12,15,17H2,1-4H3,(H,41,42). The topological polar surface area (TPSA) is 91.6 Å². The molecular formula is C32H33ClFN5O3. The summed E-state index contributed by atoms with van der Waals surface area (Å²) in [6.45, 7) is 9.87. The molecule has 3 aromatic heterocycles. The number of amides is 1. The van der Waals surface area contributed by atoms with Crippen LogP contribution in [0.4, 0.5) is 10.2 Å². The highest BCUT2D eigenvalue weighted by Crippen LogP contribution is 2.36. The molecule has 4 aromatic rings. The first-order chi connectivity index (χ1) is 19.9. The third kappa shape index (κ3) is 5.11. The zero-order valence-corrected chi connectivity index (χ0v) is 24.9. The average Bonchev–Trinajstić information content (AvgIpc) is 3.68. The van der Waals surface area contributed by atoms with Crippen molar-refractivity contribution in [2.24, 2.45) is 5.92 Å². The molecule has 1 aromatic carbocycles. The first kappa shape index (κ1) is 28.2. The first-order valence-electron chi connectivity index (χ1n) is 14.2. The average molecular weight is 590 g/mol.